The molecule has 0 bridgehead atoms. The predicted molar refractivity (Wildman–Crippen MR) is 81.0 cm³/mol. The highest BCUT2D eigenvalue weighted by atomic mass is 15.1. The minimum atomic E-state index is 0.507. The van der Waals surface area contributed by atoms with E-state index in [0.717, 1.165) is 6.04 Å². The maximum atomic E-state index is 3.86. The molecule has 0 aliphatic heterocycles. The molecular formula is C16H34N2. The summed E-state index contributed by atoms with van der Waals surface area (Å²) < 4.78 is 0. The highest BCUT2D eigenvalue weighted by molar-refractivity contribution is 4.91. The van der Waals surface area contributed by atoms with Gasteiger partial charge in [0.2, 0.25) is 0 Å². The normalized spacial score (nSPS) is 24.7. The molecule has 0 aromatic heterocycles. The van der Waals surface area contributed by atoms with E-state index in [0.29, 0.717) is 11.5 Å². The lowest BCUT2D eigenvalue weighted by Crippen LogP contribution is -2.43. The molecule has 0 spiro atoms. The Hall–Kier alpha value is -0.0800. The minimum absolute atomic E-state index is 0.507. The molecule has 1 rings (SSSR count). The lowest BCUT2D eigenvalue weighted by molar-refractivity contribution is 0.250. The van der Waals surface area contributed by atoms with E-state index in [-0.39, 0.29) is 0 Å². The SMILES string of the molecule is CCN(CC)CCCC(C)NC1CCCC1(C)C. The van der Waals surface area contributed by atoms with Crippen LogP contribution < -0.4 is 5.32 Å². The average Bonchev–Trinajstić information content (AvgIpc) is 2.64. The summed E-state index contributed by atoms with van der Waals surface area (Å²) >= 11 is 0. The maximum absolute atomic E-state index is 3.86. The van der Waals surface area contributed by atoms with Gasteiger partial charge in [0.1, 0.15) is 0 Å². The Balaban J connectivity index is 2.19. The quantitative estimate of drug-likeness (QED) is 0.711. The monoisotopic (exact) mass is 254 g/mol. The fourth-order valence-corrected chi connectivity index (χ4v) is 3.22. The van der Waals surface area contributed by atoms with Crippen molar-refractivity contribution in [3.05, 3.63) is 0 Å². The van der Waals surface area contributed by atoms with Gasteiger partial charge in [-0.3, -0.25) is 0 Å². The van der Waals surface area contributed by atoms with Crippen molar-refractivity contribution in [1.82, 2.24) is 10.2 Å². The summed E-state index contributed by atoms with van der Waals surface area (Å²) in [7, 11) is 0. The van der Waals surface area contributed by atoms with Crippen LogP contribution in [0.4, 0.5) is 0 Å². The second kappa shape index (κ2) is 7.49. The molecule has 1 aliphatic carbocycles. The first kappa shape index (κ1) is 16.0. The molecule has 2 nitrogen and oxygen atoms in total. The van der Waals surface area contributed by atoms with Gasteiger partial charge in [0.25, 0.3) is 0 Å². The molecule has 1 fully saturated rings. The Bertz CT molecular complexity index is 221. The van der Waals surface area contributed by atoms with Gasteiger partial charge < -0.3 is 10.2 Å². The molecule has 108 valence electrons. The van der Waals surface area contributed by atoms with Crippen LogP contribution in [0.25, 0.3) is 0 Å². The van der Waals surface area contributed by atoms with Crippen LogP contribution in [-0.4, -0.2) is 36.6 Å². The van der Waals surface area contributed by atoms with E-state index in [9.17, 15) is 0 Å². The fraction of sp³-hybridized carbons (Fsp3) is 1.00. The topological polar surface area (TPSA) is 15.3 Å². The van der Waals surface area contributed by atoms with Gasteiger partial charge in [-0.2, -0.15) is 0 Å². The minimum Gasteiger partial charge on any atom is -0.311 e. The number of nitrogens with one attached hydrogen (secondary N) is 1. The third-order valence-corrected chi connectivity index (χ3v) is 4.75. The third kappa shape index (κ3) is 4.89. The first-order chi connectivity index (χ1) is 8.49. The number of hydrogen-bond acceptors (Lipinski definition) is 2. The lowest BCUT2D eigenvalue weighted by Gasteiger charge is -2.31. The van der Waals surface area contributed by atoms with E-state index in [1.165, 1.54) is 51.7 Å². The van der Waals surface area contributed by atoms with Gasteiger partial charge >= 0.3 is 0 Å². The van der Waals surface area contributed by atoms with Crippen molar-refractivity contribution in [3.63, 3.8) is 0 Å². The second-order valence-electron chi connectivity index (χ2n) is 6.67. The molecule has 1 aliphatic rings. The smallest absolute Gasteiger partial charge is 0.0121 e. The van der Waals surface area contributed by atoms with Crippen LogP contribution in [-0.2, 0) is 0 Å². The number of nitrogens with zero attached hydrogens (tertiary/aromatic N) is 1. The zero-order chi connectivity index (χ0) is 13.6. The van der Waals surface area contributed by atoms with Crippen molar-refractivity contribution in [2.75, 3.05) is 19.6 Å². The van der Waals surface area contributed by atoms with E-state index in [2.05, 4.69) is 44.8 Å². The van der Waals surface area contributed by atoms with Gasteiger partial charge in [-0.15, -0.1) is 0 Å². The van der Waals surface area contributed by atoms with Crippen molar-refractivity contribution < 1.29 is 0 Å². The molecule has 0 radical (unpaired) electrons. The molecule has 0 aromatic carbocycles. The Labute approximate surface area is 115 Å². The van der Waals surface area contributed by atoms with E-state index < -0.39 is 0 Å². The zero-order valence-electron chi connectivity index (χ0n) is 13.3. The highest BCUT2D eigenvalue weighted by Gasteiger charge is 2.34. The molecule has 0 saturated heterocycles. The van der Waals surface area contributed by atoms with Crippen LogP contribution in [0.3, 0.4) is 0 Å². The van der Waals surface area contributed by atoms with Gasteiger partial charge in [-0.25, -0.2) is 0 Å². The van der Waals surface area contributed by atoms with Crippen LogP contribution >= 0.6 is 0 Å². The summed E-state index contributed by atoms with van der Waals surface area (Å²) in [4.78, 5) is 2.52. The van der Waals surface area contributed by atoms with Crippen molar-refractivity contribution in [2.45, 2.75) is 78.8 Å². The molecule has 2 atom stereocenters. The summed E-state index contributed by atoms with van der Waals surface area (Å²) in [5.74, 6) is 0. The van der Waals surface area contributed by atoms with E-state index in [1.807, 2.05) is 0 Å². The second-order valence-corrected chi connectivity index (χ2v) is 6.67. The summed E-state index contributed by atoms with van der Waals surface area (Å²) in [6.45, 7) is 15.3. The Morgan fingerprint density at radius 3 is 2.44 bits per heavy atom. The van der Waals surface area contributed by atoms with Crippen molar-refractivity contribution in [1.29, 1.82) is 0 Å². The Kier molecular flexibility index (Phi) is 6.65. The lowest BCUT2D eigenvalue weighted by atomic mass is 9.87. The van der Waals surface area contributed by atoms with E-state index >= 15 is 0 Å². The van der Waals surface area contributed by atoms with Crippen LogP contribution in [0.5, 0.6) is 0 Å². The summed E-state index contributed by atoms with van der Waals surface area (Å²) in [5.41, 5.74) is 0.507. The molecule has 18 heavy (non-hydrogen) atoms. The molecule has 1 saturated carbocycles. The van der Waals surface area contributed by atoms with Crippen LogP contribution in [0.15, 0.2) is 0 Å². The zero-order valence-corrected chi connectivity index (χ0v) is 13.3. The van der Waals surface area contributed by atoms with Gasteiger partial charge in [-0.1, -0.05) is 34.1 Å². The number of rotatable bonds is 8. The van der Waals surface area contributed by atoms with Crippen molar-refractivity contribution in [3.8, 4) is 0 Å². The summed E-state index contributed by atoms with van der Waals surface area (Å²) in [5, 5.41) is 3.86. The van der Waals surface area contributed by atoms with Crippen LogP contribution in [0, 0.1) is 5.41 Å². The van der Waals surface area contributed by atoms with Gasteiger partial charge in [-0.05, 0) is 57.7 Å². The van der Waals surface area contributed by atoms with Gasteiger partial charge in [0.15, 0.2) is 0 Å². The van der Waals surface area contributed by atoms with Crippen molar-refractivity contribution >= 4 is 0 Å². The first-order valence-electron chi connectivity index (χ1n) is 7.98. The Morgan fingerprint density at radius 2 is 1.94 bits per heavy atom. The van der Waals surface area contributed by atoms with E-state index in [4.69, 9.17) is 0 Å². The molecule has 2 heteroatoms. The Morgan fingerprint density at radius 1 is 1.28 bits per heavy atom. The predicted octanol–water partition coefficient (Wildman–Crippen LogP) is 3.67. The largest absolute Gasteiger partial charge is 0.311 e. The molecule has 0 aromatic rings. The van der Waals surface area contributed by atoms with Gasteiger partial charge in [0, 0.05) is 12.1 Å². The van der Waals surface area contributed by atoms with E-state index in [1.54, 1.807) is 0 Å². The molecule has 0 heterocycles. The summed E-state index contributed by atoms with van der Waals surface area (Å²) in [6.07, 6.45) is 6.78. The highest BCUT2D eigenvalue weighted by Crippen LogP contribution is 2.37. The molecular weight excluding hydrogens is 220 g/mol. The molecule has 2 unspecified atom stereocenters. The average molecular weight is 254 g/mol. The van der Waals surface area contributed by atoms with Crippen LogP contribution in [0.1, 0.15) is 66.7 Å². The summed E-state index contributed by atoms with van der Waals surface area (Å²) in [6, 6.07) is 1.41. The number of hydrogen-bond donors (Lipinski definition) is 1. The fourth-order valence-electron chi connectivity index (χ4n) is 3.22. The maximum Gasteiger partial charge on any atom is 0.0121 e. The standard InChI is InChI=1S/C16H34N2/c1-6-18(7-2)13-9-10-14(3)17-15-11-8-12-16(15,4)5/h14-15,17H,6-13H2,1-5H3. The molecule has 0 amide bonds. The third-order valence-electron chi connectivity index (χ3n) is 4.75. The molecule has 1 N–H and O–H groups in total. The van der Waals surface area contributed by atoms with Gasteiger partial charge in [0.05, 0.1) is 0 Å². The van der Waals surface area contributed by atoms with Crippen molar-refractivity contribution in [2.24, 2.45) is 5.41 Å². The van der Waals surface area contributed by atoms with Crippen LogP contribution in [0.2, 0.25) is 0 Å². The first-order valence-corrected chi connectivity index (χ1v) is 7.98.